The highest BCUT2D eigenvalue weighted by Crippen LogP contribution is 2.28. The molecule has 1 amide bonds. The minimum absolute atomic E-state index is 0.0241. The number of fused-ring (bicyclic) bond motifs is 1. The Bertz CT molecular complexity index is 691. The number of methoxy groups -OCH3 is 1. The highest BCUT2D eigenvalue weighted by Gasteiger charge is 2.47. The van der Waals surface area contributed by atoms with E-state index in [1.807, 2.05) is 11.9 Å². The van der Waals surface area contributed by atoms with Gasteiger partial charge in [0, 0.05) is 25.3 Å². The summed E-state index contributed by atoms with van der Waals surface area (Å²) in [4.78, 5) is 20.6. The summed E-state index contributed by atoms with van der Waals surface area (Å²) in [6.07, 6.45) is 1.56. The van der Waals surface area contributed by atoms with Crippen molar-refractivity contribution in [3.05, 3.63) is 23.9 Å². The fraction of sp³-hybridized carbons (Fsp3) is 0.571. The van der Waals surface area contributed by atoms with Crippen molar-refractivity contribution in [3.8, 4) is 5.88 Å². The first-order chi connectivity index (χ1) is 10.4. The van der Waals surface area contributed by atoms with Crippen LogP contribution < -0.4 is 4.74 Å². The van der Waals surface area contributed by atoms with Crippen LogP contribution in [-0.4, -0.2) is 79.9 Å². The third-order valence-electron chi connectivity index (χ3n) is 4.41. The molecule has 1 aromatic rings. The Morgan fingerprint density at radius 3 is 2.77 bits per heavy atom. The number of ether oxygens (including phenoxy) is 1. The van der Waals surface area contributed by atoms with Gasteiger partial charge in [-0.05, 0) is 19.2 Å². The predicted octanol–water partition coefficient (Wildman–Crippen LogP) is -0.357. The van der Waals surface area contributed by atoms with Crippen molar-refractivity contribution in [1.82, 2.24) is 14.8 Å². The molecule has 0 unspecified atom stereocenters. The van der Waals surface area contributed by atoms with Crippen molar-refractivity contribution in [3.63, 3.8) is 0 Å². The zero-order valence-corrected chi connectivity index (χ0v) is 13.4. The van der Waals surface area contributed by atoms with Gasteiger partial charge >= 0.3 is 0 Å². The van der Waals surface area contributed by atoms with Gasteiger partial charge < -0.3 is 9.64 Å². The summed E-state index contributed by atoms with van der Waals surface area (Å²) in [5.74, 6) is 0.187. The summed E-state index contributed by atoms with van der Waals surface area (Å²) in [6, 6.07) is 2.89. The molecule has 2 aliphatic rings. The van der Waals surface area contributed by atoms with Gasteiger partial charge in [0.15, 0.2) is 9.84 Å². The lowest BCUT2D eigenvalue weighted by atomic mass is 10.0. The Hall–Kier alpha value is -1.67. The van der Waals surface area contributed by atoms with Crippen LogP contribution in [0.15, 0.2) is 18.3 Å². The second-order valence-corrected chi connectivity index (χ2v) is 7.90. The van der Waals surface area contributed by atoms with Gasteiger partial charge in [-0.2, -0.15) is 0 Å². The third-order valence-corrected chi connectivity index (χ3v) is 6.11. The summed E-state index contributed by atoms with van der Waals surface area (Å²) < 4.78 is 29.1. The number of hydrogen-bond acceptors (Lipinski definition) is 6. The van der Waals surface area contributed by atoms with E-state index in [4.69, 9.17) is 4.74 Å². The van der Waals surface area contributed by atoms with Crippen molar-refractivity contribution in [1.29, 1.82) is 0 Å². The summed E-state index contributed by atoms with van der Waals surface area (Å²) in [6.45, 7) is 1.16. The predicted molar refractivity (Wildman–Crippen MR) is 80.7 cm³/mol. The number of carbonyl (C=O) groups excluding carboxylic acids is 1. The van der Waals surface area contributed by atoms with E-state index in [9.17, 15) is 13.2 Å². The molecule has 0 saturated carbocycles. The second-order valence-electron chi connectivity index (χ2n) is 5.75. The first-order valence-electron chi connectivity index (χ1n) is 7.13. The van der Waals surface area contributed by atoms with Crippen LogP contribution in [0.1, 0.15) is 10.4 Å². The lowest BCUT2D eigenvalue weighted by Crippen LogP contribution is -2.59. The molecule has 2 saturated heterocycles. The molecule has 2 atom stereocenters. The number of sulfone groups is 1. The molecule has 0 aliphatic carbocycles. The van der Waals surface area contributed by atoms with E-state index in [0.29, 0.717) is 18.7 Å². The number of aromatic nitrogens is 1. The topological polar surface area (TPSA) is 79.8 Å². The van der Waals surface area contributed by atoms with Gasteiger partial charge in [-0.25, -0.2) is 13.4 Å². The van der Waals surface area contributed by atoms with E-state index < -0.39 is 9.84 Å². The maximum atomic E-state index is 12.8. The molecule has 3 rings (SSSR count). The third kappa shape index (κ3) is 2.56. The van der Waals surface area contributed by atoms with Crippen LogP contribution >= 0.6 is 0 Å². The number of piperazine rings is 1. The summed E-state index contributed by atoms with van der Waals surface area (Å²) in [5.41, 5.74) is 0.373. The van der Waals surface area contributed by atoms with Crippen LogP contribution in [0.4, 0.5) is 0 Å². The molecule has 0 spiro atoms. The molecular formula is C14H19N3O4S. The van der Waals surface area contributed by atoms with Crippen LogP contribution in [0.2, 0.25) is 0 Å². The monoisotopic (exact) mass is 325 g/mol. The molecule has 120 valence electrons. The highest BCUT2D eigenvalue weighted by atomic mass is 32.2. The van der Waals surface area contributed by atoms with E-state index >= 15 is 0 Å². The maximum Gasteiger partial charge on any atom is 0.259 e. The molecule has 0 N–H and O–H groups in total. The summed E-state index contributed by atoms with van der Waals surface area (Å²) in [7, 11) is 0.263. The quantitative estimate of drug-likeness (QED) is 0.739. The molecule has 3 heterocycles. The van der Waals surface area contributed by atoms with Crippen LogP contribution in [-0.2, 0) is 9.84 Å². The van der Waals surface area contributed by atoms with E-state index in [0.717, 1.165) is 0 Å². The van der Waals surface area contributed by atoms with Crippen molar-refractivity contribution in [2.24, 2.45) is 0 Å². The number of hydrogen-bond donors (Lipinski definition) is 0. The van der Waals surface area contributed by atoms with Gasteiger partial charge in [0.1, 0.15) is 5.56 Å². The zero-order chi connectivity index (χ0) is 15.9. The van der Waals surface area contributed by atoms with E-state index in [1.54, 1.807) is 23.2 Å². The SMILES string of the molecule is COc1ncccc1C(=O)N1CCN(C)[C@H]2CS(=O)(=O)C[C@H]21. The average Bonchev–Trinajstić information content (AvgIpc) is 2.83. The van der Waals surface area contributed by atoms with E-state index in [1.165, 1.54) is 7.11 Å². The van der Waals surface area contributed by atoms with Gasteiger partial charge in [0.2, 0.25) is 5.88 Å². The molecule has 2 fully saturated rings. The Labute approximate surface area is 129 Å². The Morgan fingerprint density at radius 1 is 1.32 bits per heavy atom. The smallest absolute Gasteiger partial charge is 0.259 e. The molecule has 0 aromatic carbocycles. The molecule has 7 nitrogen and oxygen atoms in total. The second kappa shape index (κ2) is 5.51. The number of rotatable bonds is 2. The molecule has 0 bridgehead atoms. The maximum absolute atomic E-state index is 12.8. The molecular weight excluding hydrogens is 306 g/mol. The fourth-order valence-corrected chi connectivity index (χ4v) is 5.30. The number of likely N-dealkylation sites (N-methyl/N-ethyl adjacent to an activating group) is 1. The zero-order valence-electron chi connectivity index (χ0n) is 12.6. The Morgan fingerprint density at radius 2 is 2.05 bits per heavy atom. The number of carbonyl (C=O) groups is 1. The Kier molecular flexibility index (Phi) is 3.82. The average molecular weight is 325 g/mol. The van der Waals surface area contributed by atoms with Crippen LogP contribution in [0.25, 0.3) is 0 Å². The lowest BCUT2D eigenvalue weighted by Gasteiger charge is -2.42. The molecule has 1 aromatic heterocycles. The van der Waals surface area contributed by atoms with Crippen LogP contribution in [0.5, 0.6) is 5.88 Å². The van der Waals surface area contributed by atoms with Crippen molar-refractivity contribution < 1.29 is 17.9 Å². The van der Waals surface area contributed by atoms with E-state index in [2.05, 4.69) is 4.98 Å². The van der Waals surface area contributed by atoms with Crippen molar-refractivity contribution in [2.45, 2.75) is 12.1 Å². The number of amides is 1. The fourth-order valence-electron chi connectivity index (χ4n) is 3.25. The van der Waals surface area contributed by atoms with Gasteiger partial charge in [0.05, 0.1) is 24.7 Å². The van der Waals surface area contributed by atoms with Crippen molar-refractivity contribution in [2.75, 3.05) is 38.8 Å². The standard InChI is InChI=1S/C14H19N3O4S/c1-16-6-7-17(12-9-22(19,20)8-11(12)16)14(18)10-4-3-5-15-13(10)21-2/h3-5,11-12H,6-9H2,1-2H3/t11-,12+/m0/s1. The number of pyridine rings is 1. The van der Waals surface area contributed by atoms with Gasteiger partial charge in [-0.3, -0.25) is 9.69 Å². The lowest BCUT2D eigenvalue weighted by molar-refractivity contribution is 0.0406. The molecule has 2 aliphatic heterocycles. The number of nitrogens with zero attached hydrogens (tertiary/aromatic N) is 3. The van der Waals surface area contributed by atoms with Crippen LogP contribution in [0, 0.1) is 0 Å². The first kappa shape index (κ1) is 15.2. The van der Waals surface area contributed by atoms with Gasteiger partial charge in [0.25, 0.3) is 5.91 Å². The normalized spacial score (nSPS) is 27.5. The first-order valence-corrected chi connectivity index (χ1v) is 8.96. The van der Waals surface area contributed by atoms with Crippen molar-refractivity contribution >= 4 is 15.7 Å². The van der Waals surface area contributed by atoms with E-state index in [-0.39, 0.29) is 35.4 Å². The van der Waals surface area contributed by atoms with Gasteiger partial charge in [-0.1, -0.05) is 0 Å². The van der Waals surface area contributed by atoms with Crippen LogP contribution in [0.3, 0.4) is 0 Å². The largest absolute Gasteiger partial charge is 0.480 e. The minimum Gasteiger partial charge on any atom is -0.480 e. The molecule has 0 radical (unpaired) electrons. The Balaban J connectivity index is 1.92. The minimum atomic E-state index is -3.11. The van der Waals surface area contributed by atoms with Gasteiger partial charge in [-0.15, -0.1) is 0 Å². The highest BCUT2D eigenvalue weighted by molar-refractivity contribution is 7.91. The molecule has 8 heteroatoms. The summed E-state index contributed by atoms with van der Waals surface area (Å²) in [5, 5.41) is 0. The summed E-state index contributed by atoms with van der Waals surface area (Å²) >= 11 is 0. The molecule has 22 heavy (non-hydrogen) atoms.